The molecule has 1 unspecified atom stereocenters. The molecular weight excluding hydrogens is 294 g/mol. The molecule has 0 radical (unpaired) electrons. The fourth-order valence-electron chi connectivity index (χ4n) is 2.24. The summed E-state index contributed by atoms with van der Waals surface area (Å²) in [7, 11) is -3.55. The van der Waals surface area contributed by atoms with Crippen LogP contribution >= 0.6 is 0 Å². The Bertz CT molecular complexity index is 674. The lowest BCUT2D eigenvalue weighted by atomic mass is 10.1. The topological polar surface area (TPSA) is 101 Å². The van der Waals surface area contributed by atoms with Crippen LogP contribution in [-0.2, 0) is 10.0 Å². The average molecular weight is 309 g/mol. The predicted octanol–water partition coefficient (Wildman–Crippen LogP) is 0.432. The average Bonchev–Trinajstić information content (AvgIpc) is 3.04. The molecular formula is C12H15N5O3S. The van der Waals surface area contributed by atoms with E-state index < -0.39 is 10.0 Å². The molecule has 3 rings (SSSR count). The van der Waals surface area contributed by atoms with E-state index >= 15 is 0 Å². The van der Waals surface area contributed by atoms with E-state index in [9.17, 15) is 8.42 Å². The number of imidazole rings is 1. The highest BCUT2D eigenvalue weighted by Crippen LogP contribution is 2.21. The molecule has 1 aliphatic rings. The van der Waals surface area contributed by atoms with Gasteiger partial charge in [0.2, 0.25) is 0 Å². The van der Waals surface area contributed by atoms with Gasteiger partial charge in [-0.3, -0.25) is 0 Å². The van der Waals surface area contributed by atoms with Crippen molar-refractivity contribution in [1.82, 2.24) is 24.2 Å². The summed E-state index contributed by atoms with van der Waals surface area (Å²) in [5, 5.41) is 0.0964. The fraction of sp³-hybridized carbons (Fsp3) is 0.417. The molecule has 112 valence electrons. The number of nitrogens with zero attached hydrogens (tertiary/aromatic N) is 4. The molecule has 2 aromatic rings. The molecule has 0 amide bonds. The van der Waals surface area contributed by atoms with E-state index in [-0.39, 0.29) is 23.7 Å². The standard InChI is InChI=1S/C12H15N5O3S/c18-21(19,11-7-13-9-16-11)17-6-1-3-10(8-17)20-12-14-4-2-5-15-12/h2,4-5,7,9-10H,1,3,6,8H2,(H,13,16). The molecule has 1 atom stereocenters. The predicted molar refractivity (Wildman–Crippen MR) is 73.0 cm³/mol. The van der Waals surface area contributed by atoms with Crippen molar-refractivity contribution in [3.63, 3.8) is 0 Å². The zero-order valence-corrected chi connectivity index (χ0v) is 12.0. The first-order valence-electron chi connectivity index (χ1n) is 6.58. The van der Waals surface area contributed by atoms with E-state index in [4.69, 9.17) is 4.74 Å². The minimum atomic E-state index is -3.55. The Labute approximate surface area is 122 Å². The van der Waals surface area contributed by atoms with Gasteiger partial charge in [0.05, 0.1) is 19.1 Å². The number of sulfonamides is 1. The number of hydrogen-bond acceptors (Lipinski definition) is 6. The van der Waals surface area contributed by atoms with Crippen LogP contribution in [0.5, 0.6) is 6.01 Å². The van der Waals surface area contributed by atoms with Crippen LogP contribution in [0, 0.1) is 0 Å². The van der Waals surface area contributed by atoms with Gasteiger partial charge in [-0.1, -0.05) is 0 Å². The van der Waals surface area contributed by atoms with Crippen molar-refractivity contribution in [3.8, 4) is 6.01 Å². The van der Waals surface area contributed by atoms with Gasteiger partial charge in [0, 0.05) is 18.9 Å². The van der Waals surface area contributed by atoms with Crippen molar-refractivity contribution in [3.05, 3.63) is 31.0 Å². The number of rotatable bonds is 4. The Morgan fingerprint density at radius 2 is 2.14 bits per heavy atom. The van der Waals surface area contributed by atoms with Crippen molar-refractivity contribution in [2.45, 2.75) is 24.0 Å². The Morgan fingerprint density at radius 1 is 1.33 bits per heavy atom. The van der Waals surface area contributed by atoms with Gasteiger partial charge in [0.15, 0.2) is 5.03 Å². The second kappa shape index (κ2) is 5.78. The summed E-state index contributed by atoms with van der Waals surface area (Å²) < 4.78 is 31.9. The van der Waals surface area contributed by atoms with Crippen LogP contribution in [0.3, 0.4) is 0 Å². The zero-order chi connectivity index (χ0) is 14.7. The van der Waals surface area contributed by atoms with E-state index in [2.05, 4.69) is 19.9 Å². The Balaban J connectivity index is 1.71. The molecule has 1 N–H and O–H groups in total. The maximum absolute atomic E-state index is 12.4. The molecule has 3 heterocycles. The molecule has 9 heteroatoms. The second-order valence-electron chi connectivity index (χ2n) is 4.69. The van der Waals surface area contributed by atoms with Crippen molar-refractivity contribution >= 4 is 10.0 Å². The van der Waals surface area contributed by atoms with Crippen LogP contribution in [0.1, 0.15) is 12.8 Å². The second-order valence-corrected chi connectivity index (χ2v) is 6.60. The van der Waals surface area contributed by atoms with Gasteiger partial charge in [-0.15, -0.1) is 0 Å². The van der Waals surface area contributed by atoms with Gasteiger partial charge >= 0.3 is 6.01 Å². The minimum absolute atomic E-state index is 0.0964. The number of hydrogen-bond donors (Lipinski definition) is 1. The summed E-state index contributed by atoms with van der Waals surface area (Å²) in [5.74, 6) is 0. The van der Waals surface area contributed by atoms with Crippen LogP contribution in [0.2, 0.25) is 0 Å². The normalized spacial score (nSPS) is 20.3. The van der Waals surface area contributed by atoms with Crippen LogP contribution in [-0.4, -0.2) is 51.9 Å². The van der Waals surface area contributed by atoms with E-state index in [1.165, 1.54) is 16.8 Å². The van der Waals surface area contributed by atoms with Crippen molar-refractivity contribution in [1.29, 1.82) is 0 Å². The van der Waals surface area contributed by atoms with Crippen LogP contribution in [0.15, 0.2) is 36.0 Å². The summed E-state index contributed by atoms with van der Waals surface area (Å²) >= 11 is 0. The molecule has 1 saturated heterocycles. The third-order valence-corrected chi connectivity index (χ3v) is 5.04. The Kier molecular flexibility index (Phi) is 3.84. The minimum Gasteiger partial charge on any atom is -0.459 e. The summed E-state index contributed by atoms with van der Waals surface area (Å²) in [6.07, 6.45) is 7.08. The third kappa shape index (κ3) is 3.03. The van der Waals surface area contributed by atoms with E-state index in [0.29, 0.717) is 6.54 Å². The van der Waals surface area contributed by atoms with Gasteiger partial charge in [0.1, 0.15) is 6.10 Å². The van der Waals surface area contributed by atoms with Crippen molar-refractivity contribution < 1.29 is 13.2 Å². The third-order valence-electron chi connectivity index (χ3n) is 3.25. The highest BCUT2D eigenvalue weighted by atomic mass is 32.2. The molecule has 1 aliphatic heterocycles. The Hall–Kier alpha value is -2.00. The van der Waals surface area contributed by atoms with E-state index in [1.807, 2.05) is 0 Å². The molecule has 0 saturated carbocycles. The monoisotopic (exact) mass is 309 g/mol. The van der Waals surface area contributed by atoms with Crippen LogP contribution in [0.4, 0.5) is 0 Å². The van der Waals surface area contributed by atoms with Crippen LogP contribution in [0.25, 0.3) is 0 Å². The molecule has 0 bridgehead atoms. The van der Waals surface area contributed by atoms with Gasteiger partial charge in [-0.05, 0) is 18.9 Å². The number of aromatic amines is 1. The SMILES string of the molecule is O=S(=O)(c1cnc[nH]1)N1CCCC(Oc2ncccn2)C1. The largest absolute Gasteiger partial charge is 0.459 e. The lowest BCUT2D eigenvalue weighted by Crippen LogP contribution is -2.44. The van der Waals surface area contributed by atoms with E-state index in [1.54, 1.807) is 18.5 Å². The summed E-state index contributed by atoms with van der Waals surface area (Å²) in [6.45, 7) is 0.746. The summed E-state index contributed by atoms with van der Waals surface area (Å²) in [6, 6.07) is 1.96. The van der Waals surface area contributed by atoms with Gasteiger partial charge in [-0.25, -0.2) is 23.4 Å². The maximum Gasteiger partial charge on any atom is 0.316 e. The summed E-state index contributed by atoms with van der Waals surface area (Å²) in [5.41, 5.74) is 0. The zero-order valence-electron chi connectivity index (χ0n) is 11.2. The van der Waals surface area contributed by atoms with Gasteiger partial charge < -0.3 is 9.72 Å². The molecule has 1 fully saturated rings. The van der Waals surface area contributed by atoms with Crippen LogP contribution < -0.4 is 4.74 Å². The van der Waals surface area contributed by atoms with Crippen molar-refractivity contribution in [2.75, 3.05) is 13.1 Å². The lowest BCUT2D eigenvalue weighted by Gasteiger charge is -2.30. The fourth-order valence-corrected chi connectivity index (χ4v) is 3.64. The number of piperidine rings is 1. The molecule has 0 aliphatic carbocycles. The molecule has 21 heavy (non-hydrogen) atoms. The smallest absolute Gasteiger partial charge is 0.316 e. The number of H-pyrrole nitrogens is 1. The molecule has 8 nitrogen and oxygen atoms in total. The number of aromatic nitrogens is 4. The lowest BCUT2D eigenvalue weighted by molar-refractivity contribution is 0.119. The number of nitrogens with one attached hydrogen (secondary N) is 1. The quantitative estimate of drug-likeness (QED) is 0.879. The first-order chi connectivity index (χ1) is 10.2. The van der Waals surface area contributed by atoms with E-state index in [0.717, 1.165) is 12.8 Å². The summed E-state index contributed by atoms with van der Waals surface area (Å²) in [4.78, 5) is 14.4. The first-order valence-corrected chi connectivity index (χ1v) is 8.02. The molecule has 0 aromatic carbocycles. The Morgan fingerprint density at radius 3 is 2.86 bits per heavy atom. The number of ether oxygens (including phenoxy) is 1. The molecule has 2 aromatic heterocycles. The first kappa shape index (κ1) is 14.0. The highest BCUT2D eigenvalue weighted by molar-refractivity contribution is 7.89. The van der Waals surface area contributed by atoms with Crippen molar-refractivity contribution in [2.24, 2.45) is 0 Å². The maximum atomic E-state index is 12.4. The highest BCUT2D eigenvalue weighted by Gasteiger charge is 2.32. The van der Waals surface area contributed by atoms with Gasteiger partial charge in [-0.2, -0.15) is 4.31 Å². The van der Waals surface area contributed by atoms with Gasteiger partial charge in [0.25, 0.3) is 10.0 Å². The molecule has 0 spiro atoms.